The zero-order chi connectivity index (χ0) is 23.9. The third-order valence-electron chi connectivity index (χ3n) is 4.76. The maximum Gasteiger partial charge on any atom is 0.501 e. The van der Waals surface area contributed by atoms with Gasteiger partial charge in [-0.05, 0) is 36.4 Å². The van der Waals surface area contributed by atoms with Crippen LogP contribution in [0.2, 0.25) is 0 Å². The van der Waals surface area contributed by atoms with Gasteiger partial charge in [-0.2, -0.15) is 17.5 Å². The molecular formula is C18H15F5N2O5S2. The highest BCUT2D eigenvalue weighted by molar-refractivity contribution is 7.92. The number of piperazine rings is 1. The topological polar surface area (TPSA) is 91.8 Å². The fourth-order valence-corrected chi connectivity index (χ4v) is 5.38. The number of carbonyl (C=O) groups excluding carboxylic acids is 1. The summed E-state index contributed by atoms with van der Waals surface area (Å²) in [4.78, 5) is 11.6. The first-order valence-corrected chi connectivity index (χ1v) is 11.8. The van der Waals surface area contributed by atoms with E-state index in [1.807, 2.05) is 0 Å². The lowest BCUT2D eigenvalue weighted by Gasteiger charge is -2.34. The van der Waals surface area contributed by atoms with Crippen molar-refractivity contribution < 1.29 is 43.6 Å². The van der Waals surface area contributed by atoms with Gasteiger partial charge in [-0.1, -0.05) is 6.07 Å². The summed E-state index contributed by atoms with van der Waals surface area (Å²) < 4.78 is 114. The Kier molecular flexibility index (Phi) is 6.32. The highest BCUT2D eigenvalue weighted by atomic mass is 32.2. The lowest BCUT2D eigenvalue weighted by atomic mass is 10.2. The average Bonchev–Trinajstić information content (AvgIpc) is 2.72. The second-order valence-electron chi connectivity index (χ2n) is 6.72. The Morgan fingerprint density at radius 2 is 1.31 bits per heavy atom. The SMILES string of the molecule is O=C(c1ccc(S(=O)(=O)C(F)(F)F)cc1)N1CCN(S(=O)(=O)c2c(F)cccc2F)CC1. The van der Waals surface area contributed by atoms with Crippen molar-refractivity contribution in [1.29, 1.82) is 0 Å². The Hall–Kier alpha value is -2.58. The Morgan fingerprint density at radius 3 is 1.78 bits per heavy atom. The van der Waals surface area contributed by atoms with Gasteiger partial charge in [-0.15, -0.1) is 0 Å². The molecule has 2 aromatic rings. The number of nitrogens with zero attached hydrogens (tertiary/aromatic N) is 2. The van der Waals surface area contributed by atoms with Gasteiger partial charge in [0.05, 0.1) is 4.90 Å². The Balaban J connectivity index is 1.72. The van der Waals surface area contributed by atoms with Crippen molar-refractivity contribution in [2.24, 2.45) is 0 Å². The van der Waals surface area contributed by atoms with Crippen LogP contribution >= 0.6 is 0 Å². The summed E-state index contributed by atoms with van der Waals surface area (Å²) in [7, 11) is -10.1. The van der Waals surface area contributed by atoms with Crippen LogP contribution in [0.4, 0.5) is 22.0 Å². The Labute approximate surface area is 180 Å². The summed E-state index contributed by atoms with van der Waals surface area (Å²) in [6, 6.07) is 5.76. The van der Waals surface area contributed by atoms with E-state index in [4.69, 9.17) is 0 Å². The first-order chi connectivity index (χ1) is 14.8. The lowest BCUT2D eigenvalue weighted by Crippen LogP contribution is -2.50. The molecule has 1 heterocycles. The molecule has 0 bridgehead atoms. The smallest absolute Gasteiger partial charge is 0.336 e. The highest BCUT2D eigenvalue weighted by Gasteiger charge is 2.46. The molecule has 14 heteroatoms. The van der Waals surface area contributed by atoms with Crippen molar-refractivity contribution in [3.8, 4) is 0 Å². The summed E-state index contributed by atoms with van der Waals surface area (Å²) in [5, 5.41) is 0. The summed E-state index contributed by atoms with van der Waals surface area (Å²) in [5.74, 6) is -3.18. The van der Waals surface area contributed by atoms with E-state index >= 15 is 0 Å². The zero-order valence-electron chi connectivity index (χ0n) is 16.0. The third-order valence-corrected chi connectivity index (χ3v) is 8.21. The lowest BCUT2D eigenvalue weighted by molar-refractivity contribution is -0.0436. The second kappa shape index (κ2) is 8.41. The number of benzene rings is 2. The van der Waals surface area contributed by atoms with E-state index in [0.717, 1.165) is 34.6 Å². The number of hydrogen-bond acceptors (Lipinski definition) is 5. The number of sulfone groups is 1. The quantitative estimate of drug-likeness (QED) is 0.604. The molecule has 1 amide bonds. The van der Waals surface area contributed by atoms with Crippen LogP contribution in [-0.4, -0.2) is 63.6 Å². The van der Waals surface area contributed by atoms with Crippen LogP contribution in [0.25, 0.3) is 0 Å². The molecule has 1 aliphatic heterocycles. The molecule has 0 spiro atoms. The van der Waals surface area contributed by atoms with Crippen molar-refractivity contribution in [3.05, 3.63) is 59.7 Å². The van der Waals surface area contributed by atoms with Gasteiger partial charge in [0.2, 0.25) is 10.0 Å². The van der Waals surface area contributed by atoms with E-state index in [2.05, 4.69) is 0 Å². The number of carbonyl (C=O) groups is 1. The fraction of sp³-hybridized carbons (Fsp3) is 0.278. The van der Waals surface area contributed by atoms with Crippen molar-refractivity contribution >= 4 is 25.8 Å². The molecule has 0 atom stereocenters. The number of sulfonamides is 1. The van der Waals surface area contributed by atoms with E-state index in [1.165, 1.54) is 4.90 Å². The maximum absolute atomic E-state index is 13.9. The van der Waals surface area contributed by atoms with Crippen LogP contribution in [0.1, 0.15) is 10.4 Å². The third kappa shape index (κ3) is 4.34. The highest BCUT2D eigenvalue weighted by Crippen LogP contribution is 2.30. The summed E-state index contributed by atoms with van der Waals surface area (Å²) in [6.45, 7) is -0.863. The Morgan fingerprint density at radius 1 is 0.812 bits per heavy atom. The molecule has 0 aromatic heterocycles. The van der Waals surface area contributed by atoms with Gasteiger partial charge in [-0.3, -0.25) is 4.79 Å². The van der Waals surface area contributed by atoms with E-state index in [1.54, 1.807) is 0 Å². The minimum Gasteiger partial charge on any atom is -0.336 e. The number of rotatable bonds is 4. The van der Waals surface area contributed by atoms with Crippen molar-refractivity contribution in [2.45, 2.75) is 15.3 Å². The molecule has 1 aliphatic rings. The molecule has 2 aromatic carbocycles. The van der Waals surface area contributed by atoms with Crippen LogP contribution in [0.15, 0.2) is 52.3 Å². The summed E-state index contributed by atoms with van der Waals surface area (Å²) in [5.41, 5.74) is -5.60. The largest absolute Gasteiger partial charge is 0.501 e. The molecule has 7 nitrogen and oxygen atoms in total. The molecule has 0 unspecified atom stereocenters. The molecule has 0 saturated carbocycles. The molecular weight excluding hydrogens is 483 g/mol. The van der Waals surface area contributed by atoms with Gasteiger partial charge in [0.15, 0.2) is 4.90 Å². The van der Waals surface area contributed by atoms with Crippen molar-refractivity contribution in [2.75, 3.05) is 26.2 Å². The summed E-state index contributed by atoms with van der Waals surface area (Å²) >= 11 is 0. The van der Waals surface area contributed by atoms with Gasteiger partial charge in [-0.25, -0.2) is 25.6 Å². The molecule has 0 aliphatic carbocycles. The van der Waals surface area contributed by atoms with E-state index in [9.17, 15) is 43.6 Å². The predicted octanol–water partition coefficient (Wildman–Crippen LogP) is 2.41. The first kappa shape index (κ1) is 24.1. The molecule has 0 radical (unpaired) electrons. The second-order valence-corrected chi connectivity index (χ2v) is 10.5. The van der Waals surface area contributed by atoms with E-state index in [0.29, 0.717) is 12.1 Å². The van der Waals surface area contributed by atoms with Gasteiger partial charge in [0, 0.05) is 31.7 Å². The molecule has 32 heavy (non-hydrogen) atoms. The minimum absolute atomic E-state index is 0.109. The van der Waals surface area contributed by atoms with Crippen LogP contribution < -0.4 is 0 Å². The van der Waals surface area contributed by atoms with Crippen LogP contribution in [-0.2, 0) is 19.9 Å². The number of halogens is 5. The van der Waals surface area contributed by atoms with Crippen LogP contribution in [0, 0.1) is 11.6 Å². The molecule has 0 N–H and O–H groups in total. The molecule has 1 saturated heterocycles. The number of hydrogen-bond donors (Lipinski definition) is 0. The minimum atomic E-state index is -5.56. The van der Waals surface area contributed by atoms with Gasteiger partial charge < -0.3 is 4.90 Å². The average molecular weight is 498 g/mol. The van der Waals surface area contributed by atoms with E-state index in [-0.39, 0.29) is 31.7 Å². The first-order valence-electron chi connectivity index (χ1n) is 8.91. The number of amides is 1. The molecule has 1 fully saturated rings. The fourth-order valence-electron chi connectivity index (χ4n) is 3.08. The van der Waals surface area contributed by atoms with Gasteiger partial charge >= 0.3 is 5.51 Å². The van der Waals surface area contributed by atoms with E-state index < -0.39 is 52.7 Å². The van der Waals surface area contributed by atoms with Crippen molar-refractivity contribution in [3.63, 3.8) is 0 Å². The monoisotopic (exact) mass is 498 g/mol. The van der Waals surface area contributed by atoms with Crippen LogP contribution in [0.5, 0.6) is 0 Å². The normalized spacial score (nSPS) is 16.2. The number of alkyl halides is 3. The molecule has 174 valence electrons. The van der Waals surface area contributed by atoms with Crippen LogP contribution in [0.3, 0.4) is 0 Å². The van der Waals surface area contributed by atoms with Gasteiger partial charge in [0.1, 0.15) is 11.6 Å². The standard InChI is InChI=1S/C18H15F5N2O5S2/c19-14-2-1-3-15(20)16(14)32(29,30)25-10-8-24(9-11-25)17(26)12-4-6-13(7-5-12)31(27,28)18(21,22)23/h1-7H,8-11H2. The van der Waals surface area contributed by atoms with Gasteiger partial charge in [0.25, 0.3) is 15.7 Å². The summed E-state index contributed by atoms with van der Waals surface area (Å²) in [6.07, 6.45) is 0. The Bertz CT molecular complexity index is 1220. The maximum atomic E-state index is 13.9. The predicted molar refractivity (Wildman–Crippen MR) is 101 cm³/mol. The molecule has 3 rings (SSSR count). The zero-order valence-corrected chi connectivity index (χ0v) is 17.6. The van der Waals surface area contributed by atoms with Crippen molar-refractivity contribution in [1.82, 2.24) is 9.21 Å².